The van der Waals surface area contributed by atoms with Gasteiger partial charge in [-0.1, -0.05) is 54.2 Å². The molecule has 10 nitrogen and oxygen atoms in total. The lowest BCUT2D eigenvalue weighted by Crippen LogP contribution is -2.48. The molecule has 3 aromatic carbocycles. The molecule has 1 N–H and O–H groups in total. The Hall–Kier alpha value is -4.51. The number of carbonyl (C=O) groups excluding carboxylic acids is 1. The number of piperidine rings is 1. The summed E-state index contributed by atoms with van der Waals surface area (Å²) in [6.07, 6.45) is 1.78. The fourth-order valence-electron chi connectivity index (χ4n) is 5.58. The molecule has 1 aliphatic rings. The van der Waals surface area contributed by atoms with Crippen LogP contribution in [0.5, 0.6) is 17.2 Å². The number of aromatic nitrogens is 4. The first-order valence-electron chi connectivity index (χ1n) is 14.2. The van der Waals surface area contributed by atoms with Gasteiger partial charge >= 0.3 is 0 Å². The van der Waals surface area contributed by atoms with E-state index in [2.05, 4.69) is 57.7 Å². The summed E-state index contributed by atoms with van der Waals surface area (Å²) in [5, 5.41) is 11.2. The highest BCUT2D eigenvalue weighted by Gasteiger charge is 2.26. The number of benzene rings is 3. The Balaban J connectivity index is 1.20. The van der Waals surface area contributed by atoms with Crippen molar-refractivity contribution in [3.8, 4) is 17.2 Å². The quantitative estimate of drug-likeness (QED) is 0.226. The average molecular weight is 599 g/mol. The van der Waals surface area contributed by atoms with E-state index in [-0.39, 0.29) is 11.9 Å². The second-order valence-corrected chi connectivity index (χ2v) is 11.4. The SMILES string of the molecule is COc1cc(C(=O)NC2CCCN(c3cc(C)nc4nc(SCc5cccc6ccccc56)nn34)C2)cc(OC)c1OC. The molecule has 6 rings (SSSR count). The van der Waals surface area contributed by atoms with E-state index in [4.69, 9.17) is 24.3 Å². The van der Waals surface area contributed by atoms with Crippen LogP contribution in [0.4, 0.5) is 5.82 Å². The van der Waals surface area contributed by atoms with Crippen LogP contribution in [0.15, 0.2) is 65.8 Å². The normalized spacial score (nSPS) is 15.1. The predicted octanol–water partition coefficient (Wildman–Crippen LogP) is 5.30. The molecule has 1 amide bonds. The van der Waals surface area contributed by atoms with Crippen LogP contribution in [0.25, 0.3) is 16.6 Å². The molecule has 1 aliphatic heterocycles. The van der Waals surface area contributed by atoms with Crippen molar-refractivity contribution in [2.75, 3.05) is 39.3 Å². The largest absolute Gasteiger partial charge is 0.493 e. The maximum Gasteiger partial charge on any atom is 0.255 e. The van der Waals surface area contributed by atoms with Crippen molar-refractivity contribution in [1.82, 2.24) is 24.9 Å². The summed E-state index contributed by atoms with van der Waals surface area (Å²) in [6, 6.07) is 20.1. The maximum absolute atomic E-state index is 13.3. The zero-order chi connectivity index (χ0) is 29.9. The third-order valence-electron chi connectivity index (χ3n) is 7.65. The number of fused-ring (bicyclic) bond motifs is 2. The number of carbonyl (C=O) groups is 1. The van der Waals surface area contributed by atoms with Gasteiger partial charge in [0.2, 0.25) is 10.9 Å². The number of anilines is 1. The number of aryl methyl sites for hydroxylation is 1. The number of methoxy groups -OCH3 is 3. The van der Waals surface area contributed by atoms with Crippen LogP contribution in [0.3, 0.4) is 0 Å². The number of thioether (sulfide) groups is 1. The van der Waals surface area contributed by atoms with Gasteiger partial charge in [-0.25, -0.2) is 4.98 Å². The van der Waals surface area contributed by atoms with E-state index in [1.54, 1.807) is 23.9 Å². The van der Waals surface area contributed by atoms with Gasteiger partial charge in [0.05, 0.1) is 21.3 Å². The van der Waals surface area contributed by atoms with Gasteiger partial charge in [0.15, 0.2) is 11.5 Å². The number of nitrogens with one attached hydrogen (secondary N) is 1. The smallest absolute Gasteiger partial charge is 0.255 e. The number of nitrogens with zero attached hydrogens (tertiary/aromatic N) is 5. The molecular weight excluding hydrogens is 564 g/mol. The van der Waals surface area contributed by atoms with Crippen molar-refractivity contribution in [2.24, 2.45) is 0 Å². The van der Waals surface area contributed by atoms with Crippen LogP contribution in [0, 0.1) is 6.92 Å². The van der Waals surface area contributed by atoms with Crippen molar-refractivity contribution >= 4 is 40.0 Å². The number of rotatable bonds is 9. The van der Waals surface area contributed by atoms with Crippen LogP contribution in [-0.4, -0.2) is 65.9 Å². The Morgan fingerprint density at radius 3 is 2.53 bits per heavy atom. The van der Waals surface area contributed by atoms with E-state index in [0.29, 0.717) is 40.3 Å². The number of hydrogen-bond acceptors (Lipinski definition) is 9. The van der Waals surface area contributed by atoms with Gasteiger partial charge in [0.25, 0.3) is 11.7 Å². The molecule has 1 atom stereocenters. The molecule has 1 fully saturated rings. The highest BCUT2D eigenvalue weighted by molar-refractivity contribution is 7.98. The molecule has 0 saturated carbocycles. The molecule has 1 unspecified atom stereocenters. The molecule has 3 heterocycles. The molecular formula is C32H34N6O4S. The third kappa shape index (κ3) is 5.90. The van der Waals surface area contributed by atoms with Gasteiger partial charge in [-0.2, -0.15) is 9.50 Å². The summed E-state index contributed by atoms with van der Waals surface area (Å²) < 4.78 is 18.1. The molecule has 11 heteroatoms. The van der Waals surface area contributed by atoms with Crippen LogP contribution < -0.4 is 24.4 Å². The van der Waals surface area contributed by atoms with E-state index in [1.165, 1.54) is 37.7 Å². The predicted molar refractivity (Wildman–Crippen MR) is 168 cm³/mol. The Morgan fingerprint density at radius 1 is 1.00 bits per heavy atom. The average Bonchev–Trinajstić information content (AvgIpc) is 3.45. The summed E-state index contributed by atoms with van der Waals surface area (Å²) >= 11 is 1.60. The summed E-state index contributed by atoms with van der Waals surface area (Å²) in [4.78, 5) is 25.0. The highest BCUT2D eigenvalue weighted by Crippen LogP contribution is 2.38. The Morgan fingerprint density at radius 2 is 1.77 bits per heavy atom. The minimum atomic E-state index is -0.199. The molecule has 0 bridgehead atoms. The molecule has 43 heavy (non-hydrogen) atoms. The molecule has 1 saturated heterocycles. The monoisotopic (exact) mass is 598 g/mol. The number of ether oxygens (including phenoxy) is 3. The lowest BCUT2D eigenvalue weighted by atomic mass is 10.0. The van der Waals surface area contributed by atoms with E-state index in [9.17, 15) is 4.79 Å². The van der Waals surface area contributed by atoms with Gasteiger partial charge in [0.1, 0.15) is 5.82 Å². The van der Waals surface area contributed by atoms with Crippen molar-refractivity contribution in [2.45, 2.75) is 36.7 Å². The minimum absolute atomic E-state index is 0.0624. The molecule has 222 valence electrons. The van der Waals surface area contributed by atoms with Crippen LogP contribution in [-0.2, 0) is 5.75 Å². The molecule has 0 aliphatic carbocycles. The Labute approximate surface area is 254 Å². The topological polar surface area (TPSA) is 103 Å². The second kappa shape index (κ2) is 12.4. The van der Waals surface area contributed by atoms with Crippen LogP contribution in [0.2, 0.25) is 0 Å². The lowest BCUT2D eigenvalue weighted by molar-refractivity contribution is 0.0932. The maximum atomic E-state index is 13.3. The molecule has 5 aromatic rings. The van der Waals surface area contributed by atoms with E-state index >= 15 is 0 Å². The van der Waals surface area contributed by atoms with Gasteiger partial charge in [0, 0.05) is 42.2 Å². The zero-order valence-corrected chi connectivity index (χ0v) is 25.5. The van der Waals surface area contributed by atoms with Crippen molar-refractivity contribution in [3.05, 3.63) is 77.5 Å². The highest BCUT2D eigenvalue weighted by atomic mass is 32.2. The first-order chi connectivity index (χ1) is 21.0. The zero-order valence-electron chi connectivity index (χ0n) is 24.7. The standard InChI is InChI=1S/C32H34N6O4S/c1-20-15-28(38-31(33-20)35-32(36-38)43-19-22-11-7-10-21-9-5-6-13-25(21)22)37-14-8-12-24(18-37)34-30(39)23-16-26(40-2)29(42-4)27(17-23)41-3/h5-7,9-11,13,15-17,24H,8,12,14,18-19H2,1-4H3,(H,34,39). The Bertz CT molecular complexity index is 1760. The van der Waals surface area contributed by atoms with Crippen LogP contribution >= 0.6 is 11.8 Å². The van der Waals surface area contributed by atoms with Crippen LogP contribution in [0.1, 0.15) is 34.5 Å². The van der Waals surface area contributed by atoms with Crippen molar-refractivity contribution in [3.63, 3.8) is 0 Å². The van der Waals surface area contributed by atoms with E-state index in [0.717, 1.165) is 36.7 Å². The number of amides is 1. The molecule has 0 radical (unpaired) electrons. The van der Waals surface area contributed by atoms with Gasteiger partial charge < -0.3 is 24.4 Å². The van der Waals surface area contributed by atoms with E-state index < -0.39 is 0 Å². The summed E-state index contributed by atoms with van der Waals surface area (Å²) in [5.74, 6) is 3.36. The van der Waals surface area contributed by atoms with Gasteiger partial charge in [-0.3, -0.25) is 4.79 Å². The summed E-state index contributed by atoms with van der Waals surface area (Å²) in [6.45, 7) is 3.44. The lowest BCUT2D eigenvalue weighted by Gasteiger charge is -2.34. The van der Waals surface area contributed by atoms with Crippen molar-refractivity contribution in [1.29, 1.82) is 0 Å². The molecule has 0 spiro atoms. The first-order valence-corrected chi connectivity index (χ1v) is 15.2. The van der Waals surface area contributed by atoms with E-state index in [1.807, 2.05) is 17.5 Å². The molecule has 2 aromatic heterocycles. The van der Waals surface area contributed by atoms with Gasteiger partial charge in [-0.15, -0.1) is 5.10 Å². The fraction of sp³-hybridized carbons (Fsp3) is 0.312. The fourth-order valence-corrected chi connectivity index (χ4v) is 6.40. The van der Waals surface area contributed by atoms with Crippen molar-refractivity contribution < 1.29 is 19.0 Å². The minimum Gasteiger partial charge on any atom is -0.493 e. The third-order valence-corrected chi connectivity index (χ3v) is 8.53. The Kier molecular flexibility index (Phi) is 8.24. The second-order valence-electron chi connectivity index (χ2n) is 10.5. The first kappa shape index (κ1) is 28.6. The summed E-state index contributed by atoms with van der Waals surface area (Å²) in [5.41, 5.74) is 2.55. The van der Waals surface area contributed by atoms with Gasteiger partial charge in [-0.05, 0) is 48.2 Å². The summed E-state index contributed by atoms with van der Waals surface area (Å²) in [7, 11) is 4.61. The number of hydrogen-bond donors (Lipinski definition) is 1.